The number of para-hydroxylation sites is 2. The Morgan fingerprint density at radius 3 is 2.23 bits per heavy atom. The Morgan fingerprint density at radius 1 is 0.854 bits per heavy atom. The average Bonchev–Trinajstić information content (AvgIpc) is 3.45. The molecule has 2 saturated heterocycles. The van der Waals surface area contributed by atoms with E-state index in [-0.39, 0.29) is 41.4 Å². The standard InChI is InChI=1S/C37H40N4O6S/c1-25-34(23-40-21-19-30(20-22-40)41-33-10-6-5-9-32(33)38-37(41)43)46-36(47-35(25)27-13-11-26(24-42)12-14-27)28-15-17-29(18-16-28)39-48(44,45)31-7-3-2-4-8-31/h2-18,25,30,34-36,39,42H,19-24H2,1H3,(H,38,43)/t25-,34+,35+,36+/m1/s1. The van der Waals surface area contributed by atoms with Crippen LogP contribution in [0.15, 0.2) is 113 Å². The highest BCUT2D eigenvalue weighted by molar-refractivity contribution is 7.92. The van der Waals surface area contributed by atoms with Gasteiger partial charge < -0.3 is 24.5 Å². The molecule has 2 aliphatic rings. The van der Waals surface area contributed by atoms with E-state index < -0.39 is 16.3 Å². The van der Waals surface area contributed by atoms with E-state index in [4.69, 9.17) is 9.47 Å². The summed E-state index contributed by atoms with van der Waals surface area (Å²) in [7, 11) is -3.72. The predicted molar refractivity (Wildman–Crippen MR) is 184 cm³/mol. The van der Waals surface area contributed by atoms with Gasteiger partial charge in [-0.15, -0.1) is 0 Å². The number of hydrogen-bond acceptors (Lipinski definition) is 7. The van der Waals surface area contributed by atoms with E-state index in [9.17, 15) is 18.3 Å². The first kappa shape index (κ1) is 32.3. The van der Waals surface area contributed by atoms with Crippen molar-refractivity contribution in [2.45, 2.75) is 55.8 Å². The van der Waals surface area contributed by atoms with Crippen LogP contribution in [0.4, 0.5) is 5.69 Å². The lowest BCUT2D eigenvalue weighted by Crippen LogP contribution is -2.47. The zero-order valence-electron chi connectivity index (χ0n) is 26.7. The number of anilines is 1. The molecule has 3 N–H and O–H groups in total. The number of benzene rings is 4. The maximum Gasteiger partial charge on any atom is 0.326 e. The number of nitrogens with one attached hydrogen (secondary N) is 2. The molecule has 250 valence electrons. The zero-order chi connectivity index (χ0) is 33.3. The van der Waals surface area contributed by atoms with Crippen LogP contribution in [-0.4, -0.2) is 53.7 Å². The molecule has 0 unspecified atom stereocenters. The van der Waals surface area contributed by atoms with Crippen molar-refractivity contribution in [3.63, 3.8) is 0 Å². The van der Waals surface area contributed by atoms with E-state index >= 15 is 0 Å². The van der Waals surface area contributed by atoms with E-state index in [2.05, 4.69) is 21.5 Å². The number of aromatic nitrogens is 2. The quantitative estimate of drug-likeness (QED) is 0.183. The van der Waals surface area contributed by atoms with E-state index in [1.165, 1.54) is 0 Å². The number of hydrogen-bond donors (Lipinski definition) is 3. The molecule has 1 aromatic heterocycles. The summed E-state index contributed by atoms with van der Waals surface area (Å²) in [6.07, 6.45) is 0.621. The summed E-state index contributed by atoms with van der Waals surface area (Å²) in [5, 5.41) is 9.59. The van der Waals surface area contributed by atoms with E-state index in [1.807, 2.05) is 65.2 Å². The van der Waals surface area contributed by atoms with Crippen LogP contribution in [0.1, 0.15) is 54.9 Å². The molecule has 2 fully saturated rings. The summed E-state index contributed by atoms with van der Waals surface area (Å²) in [6, 6.07) is 31.1. The minimum atomic E-state index is -3.72. The summed E-state index contributed by atoms with van der Waals surface area (Å²) in [4.78, 5) is 18.4. The maximum absolute atomic E-state index is 12.9. The first-order valence-corrected chi connectivity index (χ1v) is 17.9. The SMILES string of the molecule is C[C@@H]1[C@H](CN2CCC(n3c(=O)[nH]c4ccccc43)CC2)O[C@H](c2ccc(NS(=O)(=O)c3ccccc3)cc2)O[C@@H]1c1ccc(CO)cc1. The molecule has 0 aliphatic carbocycles. The molecule has 3 heterocycles. The van der Waals surface area contributed by atoms with Crippen LogP contribution in [0.3, 0.4) is 0 Å². The van der Waals surface area contributed by atoms with Crippen molar-refractivity contribution in [3.8, 4) is 0 Å². The predicted octanol–water partition coefficient (Wildman–Crippen LogP) is 5.75. The van der Waals surface area contributed by atoms with Crippen molar-refractivity contribution in [2.75, 3.05) is 24.4 Å². The minimum absolute atomic E-state index is 0.0205. The van der Waals surface area contributed by atoms with Gasteiger partial charge in [-0.25, -0.2) is 13.2 Å². The Labute approximate surface area is 280 Å². The monoisotopic (exact) mass is 668 g/mol. The number of aliphatic hydroxyl groups is 1. The van der Waals surface area contributed by atoms with E-state index in [0.29, 0.717) is 12.2 Å². The van der Waals surface area contributed by atoms with Crippen LogP contribution in [0, 0.1) is 5.92 Å². The highest BCUT2D eigenvalue weighted by atomic mass is 32.2. The van der Waals surface area contributed by atoms with Crippen molar-refractivity contribution in [1.29, 1.82) is 0 Å². The molecule has 0 amide bonds. The first-order chi connectivity index (χ1) is 23.3. The fourth-order valence-electron chi connectivity index (χ4n) is 6.90. The number of rotatable bonds is 9. The number of piperidine rings is 1. The third kappa shape index (κ3) is 6.69. The number of nitrogens with zero attached hydrogens (tertiary/aromatic N) is 2. The average molecular weight is 669 g/mol. The van der Waals surface area contributed by atoms with Crippen LogP contribution in [0.2, 0.25) is 0 Å². The van der Waals surface area contributed by atoms with Gasteiger partial charge in [0.05, 0.1) is 34.7 Å². The van der Waals surface area contributed by atoms with Gasteiger partial charge in [0.25, 0.3) is 10.0 Å². The second-order valence-electron chi connectivity index (χ2n) is 12.7. The summed E-state index contributed by atoms with van der Waals surface area (Å²) in [5.74, 6) is 0.0205. The molecule has 4 aromatic carbocycles. The van der Waals surface area contributed by atoms with E-state index in [1.54, 1.807) is 42.5 Å². The van der Waals surface area contributed by atoms with Crippen LogP contribution < -0.4 is 10.4 Å². The second kappa shape index (κ2) is 13.7. The summed E-state index contributed by atoms with van der Waals surface area (Å²) in [5.41, 5.74) is 4.80. The fraction of sp³-hybridized carbons (Fsp3) is 0.324. The van der Waals surface area contributed by atoms with E-state index in [0.717, 1.165) is 53.7 Å². The van der Waals surface area contributed by atoms with Crippen molar-refractivity contribution >= 4 is 26.7 Å². The molecule has 10 nitrogen and oxygen atoms in total. The molecular formula is C37H40N4O6S. The molecule has 0 saturated carbocycles. The first-order valence-electron chi connectivity index (χ1n) is 16.4. The van der Waals surface area contributed by atoms with Crippen LogP contribution >= 0.6 is 0 Å². The molecule has 11 heteroatoms. The Kier molecular flexibility index (Phi) is 9.21. The maximum atomic E-state index is 12.9. The lowest BCUT2D eigenvalue weighted by atomic mass is 9.89. The fourth-order valence-corrected chi connectivity index (χ4v) is 7.98. The number of H-pyrrole nitrogens is 1. The van der Waals surface area contributed by atoms with Crippen molar-refractivity contribution in [3.05, 3.63) is 130 Å². The molecule has 2 aliphatic heterocycles. The molecule has 0 bridgehead atoms. The van der Waals surface area contributed by atoms with Crippen molar-refractivity contribution in [2.24, 2.45) is 5.92 Å². The smallest absolute Gasteiger partial charge is 0.326 e. The topological polar surface area (TPSA) is 126 Å². The summed E-state index contributed by atoms with van der Waals surface area (Å²) < 4.78 is 43.6. The van der Waals surface area contributed by atoms with Crippen LogP contribution in [-0.2, 0) is 26.1 Å². The second-order valence-corrected chi connectivity index (χ2v) is 14.4. The van der Waals surface area contributed by atoms with Gasteiger partial charge in [-0.2, -0.15) is 0 Å². The molecular weight excluding hydrogens is 628 g/mol. The number of imidazole rings is 1. The number of sulfonamides is 1. The number of aromatic amines is 1. The molecule has 5 aromatic rings. The summed E-state index contributed by atoms with van der Waals surface area (Å²) >= 11 is 0. The molecule has 7 rings (SSSR count). The molecule has 48 heavy (non-hydrogen) atoms. The van der Waals surface area contributed by atoms with Gasteiger partial charge in [-0.1, -0.05) is 73.7 Å². The normalized spacial score (nSPS) is 22.5. The minimum Gasteiger partial charge on any atom is -0.392 e. The van der Waals surface area contributed by atoms with Gasteiger partial charge in [0.1, 0.15) is 0 Å². The highest BCUT2D eigenvalue weighted by Crippen LogP contribution is 2.42. The molecule has 4 atom stereocenters. The van der Waals surface area contributed by atoms with Gasteiger partial charge in [0, 0.05) is 42.8 Å². The number of aliphatic hydroxyl groups excluding tert-OH is 1. The largest absolute Gasteiger partial charge is 0.392 e. The Bertz CT molecular complexity index is 2000. The van der Waals surface area contributed by atoms with Gasteiger partial charge in [0.15, 0.2) is 6.29 Å². The lowest BCUT2D eigenvalue weighted by Gasteiger charge is -2.44. The van der Waals surface area contributed by atoms with Gasteiger partial charge in [-0.3, -0.25) is 9.29 Å². The highest BCUT2D eigenvalue weighted by Gasteiger charge is 2.39. The Hall–Kier alpha value is -4.26. The van der Waals surface area contributed by atoms with Gasteiger partial charge in [0.2, 0.25) is 0 Å². The number of fused-ring (bicyclic) bond motifs is 1. The van der Waals surface area contributed by atoms with Crippen LogP contribution in [0.5, 0.6) is 0 Å². The van der Waals surface area contributed by atoms with Crippen molar-refractivity contribution < 1.29 is 23.0 Å². The Balaban J connectivity index is 1.08. The Morgan fingerprint density at radius 2 is 1.52 bits per heavy atom. The number of likely N-dealkylation sites (tertiary alicyclic amines) is 1. The zero-order valence-corrected chi connectivity index (χ0v) is 27.6. The third-order valence-electron chi connectivity index (χ3n) is 9.60. The summed E-state index contributed by atoms with van der Waals surface area (Å²) in [6.45, 7) is 4.49. The lowest BCUT2D eigenvalue weighted by molar-refractivity contribution is -0.276. The van der Waals surface area contributed by atoms with Gasteiger partial charge in [-0.05, 0) is 60.4 Å². The third-order valence-corrected chi connectivity index (χ3v) is 11.0. The molecule has 0 spiro atoms. The number of ether oxygens (including phenoxy) is 2. The van der Waals surface area contributed by atoms with Gasteiger partial charge >= 0.3 is 5.69 Å². The van der Waals surface area contributed by atoms with Crippen LogP contribution in [0.25, 0.3) is 11.0 Å². The molecule has 0 radical (unpaired) electrons. The van der Waals surface area contributed by atoms with Crippen molar-refractivity contribution in [1.82, 2.24) is 14.5 Å².